The predicted octanol–water partition coefficient (Wildman–Crippen LogP) is -2.11. The number of aliphatic imine (C=N–C) groups is 1. The van der Waals surface area contributed by atoms with Gasteiger partial charge in [0.25, 0.3) is 0 Å². The molecule has 12 N–H and O–H groups in total. The Labute approximate surface area is 221 Å². The number of phenolic OH excluding ortho intramolecular Hbond substituents is 1. The van der Waals surface area contributed by atoms with E-state index in [-0.39, 0.29) is 49.9 Å². The molecule has 212 valence electrons. The monoisotopic (exact) mass is 537 g/mol. The van der Waals surface area contributed by atoms with Gasteiger partial charge in [-0.3, -0.25) is 19.4 Å². The standard InChI is InChI=1S/C24H39N7O7/c1-13(2)10-18(30-20(34)16(25)12-32)22(36)29-17(4-3-9-28-24(26)27)21(35)31-19(23(37)38)11-14-5-7-15(33)8-6-14/h5-8,13,16-19,32-33H,3-4,9-12,25H2,1-2H3,(H,29,36)(H,30,34)(H,31,35)(H,37,38)(H4,26,27,28). The predicted molar refractivity (Wildman–Crippen MR) is 140 cm³/mol. The number of guanidine groups is 1. The third-order valence-corrected chi connectivity index (χ3v) is 5.44. The molecule has 0 saturated heterocycles. The topological polar surface area (TPSA) is 255 Å². The summed E-state index contributed by atoms with van der Waals surface area (Å²) in [6.45, 7) is 3.21. The van der Waals surface area contributed by atoms with Gasteiger partial charge in [-0.15, -0.1) is 0 Å². The number of aliphatic carboxylic acids is 1. The van der Waals surface area contributed by atoms with Crippen molar-refractivity contribution >= 4 is 29.7 Å². The van der Waals surface area contributed by atoms with Crippen molar-refractivity contribution in [2.24, 2.45) is 28.1 Å². The molecule has 0 saturated carbocycles. The van der Waals surface area contributed by atoms with Crippen molar-refractivity contribution in [3.63, 3.8) is 0 Å². The first-order chi connectivity index (χ1) is 17.8. The Balaban J connectivity index is 3.07. The van der Waals surface area contributed by atoms with Crippen LogP contribution in [0.4, 0.5) is 0 Å². The third kappa shape index (κ3) is 11.9. The number of carbonyl (C=O) groups is 4. The molecule has 0 heterocycles. The van der Waals surface area contributed by atoms with Gasteiger partial charge in [-0.1, -0.05) is 26.0 Å². The van der Waals surface area contributed by atoms with E-state index in [1.54, 1.807) is 0 Å². The van der Waals surface area contributed by atoms with Gasteiger partial charge in [0.1, 0.15) is 29.9 Å². The maximum Gasteiger partial charge on any atom is 0.326 e. The van der Waals surface area contributed by atoms with Gasteiger partial charge in [0.2, 0.25) is 17.7 Å². The van der Waals surface area contributed by atoms with Crippen molar-refractivity contribution in [3.05, 3.63) is 29.8 Å². The number of hydrogen-bond acceptors (Lipinski definition) is 8. The number of amides is 3. The molecule has 0 aliphatic rings. The van der Waals surface area contributed by atoms with Crippen molar-refractivity contribution in [2.45, 2.75) is 63.7 Å². The van der Waals surface area contributed by atoms with Crippen molar-refractivity contribution in [1.82, 2.24) is 16.0 Å². The minimum Gasteiger partial charge on any atom is -0.508 e. The van der Waals surface area contributed by atoms with Gasteiger partial charge < -0.3 is 48.5 Å². The lowest BCUT2D eigenvalue weighted by Crippen LogP contribution is -2.57. The first-order valence-corrected chi connectivity index (χ1v) is 12.2. The Bertz CT molecular complexity index is 965. The van der Waals surface area contributed by atoms with Gasteiger partial charge in [-0.05, 0) is 42.9 Å². The zero-order valence-corrected chi connectivity index (χ0v) is 21.6. The fourth-order valence-electron chi connectivity index (χ4n) is 3.45. The number of carboxylic acids is 1. The number of aliphatic hydroxyl groups excluding tert-OH is 1. The van der Waals surface area contributed by atoms with Crippen molar-refractivity contribution in [3.8, 4) is 5.75 Å². The number of nitrogens with zero attached hydrogens (tertiary/aromatic N) is 1. The van der Waals surface area contributed by atoms with E-state index < -0.39 is 54.5 Å². The minimum absolute atomic E-state index is 0.0104. The zero-order chi connectivity index (χ0) is 28.8. The van der Waals surface area contributed by atoms with Gasteiger partial charge in [0, 0.05) is 13.0 Å². The second-order valence-electron chi connectivity index (χ2n) is 9.26. The van der Waals surface area contributed by atoms with Crippen LogP contribution in [0.25, 0.3) is 0 Å². The summed E-state index contributed by atoms with van der Waals surface area (Å²) in [4.78, 5) is 54.1. The molecule has 4 unspecified atom stereocenters. The molecule has 14 heteroatoms. The molecule has 0 aromatic heterocycles. The fraction of sp³-hybridized carbons (Fsp3) is 0.542. The molecule has 1 aromatic carbocycles. The molecule has 0 spiro atoms. The van der Waals surface area contributed by atoms with E-state index in [0.717, 1.165) is 0 Å². The Hall–Kier alpha value is -3.91. The van der Waals surface area contributed by atoms with Crippen molar-refractivity contribution < 1.29 is 34.5 Å². The number of nitrogens with two attached hydrogens (primary N) is 3. The number of benzene rings is 1. The summed E-state index contributed by atoms with van der Waals surface area (Å²) in [5, 5.41) is 35.7. The van der Waals surface area contributed by atoms with E-state index in [0.29, 0.717) is 5.56 Å². The van der Waals surface area contributed by atoms with E-state index in [2.05, 4.69) is 20.9 Å². The van der Waals surface area contributed by atoms with Crippen LogP contribution in [0.2, 0.25) is 0 Å². The Morgan fingerprint density at radius 2 is 1.47 bits per heavy atom. The van der Waals surface area contributed by atoms with Crippen LogP contribution in [0, 0.1) is 5.92 Å². The molecule has 14 nitrogen and oxygen atoms in total. The van der Waals surface area contributed by atoms with Crippen LogP contribution in [0.5, 0.6) is 5.75 Å². The van der Waals surface area contributed by atoms with E-state index in [1.165, 1.54) is 24.3 Å². The second-order valence-corrected chi connectivity index (χ2v) is 9.26. The van der Waals surface area contributed by atoms with E-state index in [9.17, 15) is 29.4 Å². The third-order valence-electron chi connectivity index (χ3n) is 5.44. The SMILES string of the molecule is CC(C)CC(NC(=O)C(N)CO)C(=O)NC(CCCN=C(N)N)C(=O)NC(Cc1ccc(O)cc1)C(=O)O. The minimum atomic E-state index is -1.32. The van der Waals surface area contributed by atoms with Gasteiger partial charge in [-0.2, -0.15) is 0 Å². The molecule has 0 fully saturated rings. The largest absolute Gasteiger partial charge is 0.508 e. The number of rotatable bonds is 16. The Morgan fingerprint density at radius 1 is 0.921 bits per heavy atom. The van der Waals surface area contributed by atoms with Crippen LogP contribution >= 0.6 is 0 Å². The highest BCUT2D eigenvalue weighted by Crippen LogP contribution is 2.12. The first-order valence-electron chi connectivity index (χ1n) is 12.2. The van der Waals surface area contributed by atoms with Gasteiger partial charge >= 0.3 is 5.97 Å². The summed E-state index contributed by atoms with van der Waals surface area (Å²) in [5.41, 5.74) is 16.8. The number of carbonyl (C=O) groups excluding carboxylic acids is 3. The lowest BCUT2D eigenvalue weighted by atomic mass is 10.0. The van der Waals surface area contributed by atoms with Crippen LogP contribution in [0.1, 0.15) is 38.7 Å². The molecule has 0 bridgehead atoms. The van der Waals surface area contributed by atoms with Gasteiger partial charge in [0.15, 0.2) is 5.96 Å². The highest BCUT2D eigenvalue weighted by atomic mass is 16.4. The van der Waals surface area contributed by atoms with Gasteiger partial charge in [0.05, 0.1) is 6.61 Å². The molecule has 1 rings (SSSR count). The summed E-state index contributed by atoms with van der Waals surface area (Å²) in [5.74, 6) is -3.61. The molecular weight excluding hydrogens is 498 g/mol. The molecule has 0 radical (unpaired) electrons. The molecular formula is C24H39N7O7. The average molecular weight is 538 g/mol. The Morgan fingerprint density at radius 3 is 2.00 bits per heavy atom. The highest BCUT2D eigenvalue weighted by Gasteiger charge is 2.30. The summed E-state index contributed by atoms with van der Waals surface area (Å²) < 4.78 is 0. The first kappa shape index (κ1) is 32.1. The summed E-state index contributed by atoms with van der Waals surface area (Å²) in [7, 11) is 0. The second kappa shape index (κ2) is 16.0. The van der Waals surface area contributed by atoms with Crippen LogP contribution in [-0.2, 0) is 25.6 Å². The summed E-state index contributed by atoms with van der Waals surface area (Å²) in [6, 6.07) is 1.08. The number of phenols is 1. The molecule has 38 heavy (non-hydrogen) atoms. The molecule has 3 amide bonds. The summed E-state index contributed by atoms with van der Waals surface area (Å²) >= 11 is 0. The zero-order valence-electron chi connectivity index (χ0n) is 21.6. The van der Waals surface area contributed by atoms with Crippen molar-refractivity contribution in [2.75, 3.05) is 13.2 Å². The number of aromatic hydroxyl groups is 1. The van der Waals surface area contributed by atoms with E-state index in [4.69, 9.17) is 22.3 Å². The number of nitrogens with one attached hydrogen (secondary N) is 3. The van der Waals surface area contributed by atoms with Crippen LogP contribution in [-0.4, -0.2) is 82.3 Å². The van der Waals surface area contributed by atoms with Crippen molar-refractivity contribution in [1.29, 1.82) is 0 Å². The number of hydrogen-bond donors (Lipinski definition) is 9. The summed E-state index contributed by atoms with van der Waals surface area (Å²) in [6.07, 6.45) is 0.499. The fourth-order valence-corrected chi connectivity index (χ4v) is 3.45. The van der Waals surface area contributed by atoms with E-state index in [1.807, 2.05) is 13.8 Å². The Kier molecular flexibility index (Phi) is 13.6. The lowest BCUT2D eigenvalue weighted by molar-refractivity contribution is -0.142. The molecule has 1 aromatic rings. The maximum absolute atomic E-state index is 13.1. The van der Waals surface area contributed by atoms with Crippen LogP contribution in [0.3, 0.4) is 0 Å². The normalized spacial score (nSPS) is 14.0. The molecule has 0 aliphatic carbocycles. The molecule has 0 aliphatic heterocycles. The van der Waals surface area contributed by atoms with Gasteiger partial charge in [-0.25, -0.2) is 4.79 Å². The smallest absolute Gasteiger partial charge is 0.326 e. The van der Waals surface area contributed by atoms with Crippen LogP contribution in [0.15, 0.2) is 29.3 Å². The maximum atomic E-state index is 13.1. The average Bonchev–Trinajstić information content (AvgIpc) is 2.84. The van der Waals surface area contributed by atoms with E-state index >= 15 is 0 Å². The highest BCUT2D eigenvalue weighted by molar-refractivity contribution is 5.94. The van der Waals surface area contributed by atoms with Crippen LogP contribution < -0.4 is 33.2 Å². The quantitative estimate of drug-likeness (QED) is 0.0630. The number of carboxylic acid groups (broad SMARTS) is 1. The lowest BCUT2D eigenvalue weighted by Gasteiger charge is -2.26. The number of aliphatic hydroxyl groups is 1. The molecule has 4 atom stereocenters.